The number of allylic oxidation sites excluding steroid dienone is 2. The summed E-state index contributed by atoms with van der Waals surface area (Å²) in [7, 11) is 6.58. The van der Waals surface area contributed by atoms with Crippen molar-refractivity contribution in [2.45, 2.75) is 50.8 Å². The molecule has 264 valence electrons. The standard InChI is InChI=1S/C37H36Br2N2O6.2Ni/c1-35(21-46-33(40-35)26-13-25(16-30(17-26)44-5)23-9-7-11-28(14-23)42-3)20-36(2)22-47-34(41-36)31-18-27(19-37(39,45-6)32(31)38)24-10-8-12-29(15-24)43-4;;/h7-19,21-22,32H,20H2,1-6H3;;/t32?,35-,36-,37?;;/m1../s1. The van der Waals surface area contributed by atoms with Crippen molar-refractivity contribution in [3.63, 3.8) is 0 Å². The molecule has 2 heterocycles. The van der Waals surface area contributed by atoms with Crippen molar-refractivity contribution in [2.75, 3.05) is 28.4 Å². The average molecular weight is 882 g/mol. The maximum absolute atomic E-state index is 6.38. The Morgan fingerprint density at radius 2 is 1.24 bits per heavy atom. The maximum atomic E-state index is 6.38. The fourth-order valence-corrected chi connectivity index (χ4v) is 7.84. The van der Waals surface area contributed by atoms with Gasteiger partial charge in [0, 0.05) is 0 Å². The SMILES string of the molecule is COc1cccc(C2=CC(Br)(OC)C(Br)C(C3=N[C@](C)(C[C@@]4(C)N=C(c5cc(OC)cc(-c6cccc(OC)c6)c5)O[CH]4[Ni])[CH]([Ni])O3)=C2)c1. The summed E-state index contributed by atoms with van der Waals surface area (Å²) in [5.74, 6) is 3.07. The summed E-state index contributed by atoms with van der Waals surface area (Å²) < 4.78 is 34.3. The number of methoxy groups -OCH3 is 4. The normalized spacial score (nSPS) is 29.3. The van der Waals surface area contributed by atoms with Crippen molar-refractivity contribution in [3.05, 3.63) is 95.6 Å². The second kappa shape index (κ2) is 14.2. The third-order valence-corrected chi connectivity index (χ3v) is 13.0. The molecule has 3 aromatic rings. The molecule has 1 aliphatic carbocycles. The van der Waals surface area contributed by atoms with E-state index in [4.69, 9.17) is 69.3 Å². The van der Waals surface area contributed by atoms with E-state index in [0.717, 1.165) is 44.9 Å². The molecule has 0 aromatic heterocycles. The molecule has 6 rings (SSSR count). The summed E-state index contributed by atoms with van der Waals surface area (Å²) >= 11 is 18.7. The van der Waals surface area contributed by atoms with Gasteiger partial charge in [0.05, 0.1) is 0 Å². The Kier molecular flexibility index (Phi) is 10.5. The average Bonchev–Trinajstić information content (AvgIpc) is 3.57. The van der Waals surface area contributed by atoms with Gasteiger partial charge >= 0.3 is 322 Å². The van der Waals surface area contributed by atoms with Crippen LogP contribution in [-0.4, -0.2) is 70.8 Å². The first-order chi connectivity index (χ1) is 23.3. The van der Waals surface area contributed by atoms with Crippen LogP contribution in [0.4, 0.5) is 0 Å². The van der Waals surface area contributed by atoms with Crippen LogP contribution in [0.15, 0.2) is 94.4 Å². The van der Waals surface area contributed by atoms with Crippen molar-refractivity contribution in [2.24, 2.45) is 9.98 Å². The molecule has 2 aliphatic heterocycles. The molecular weight excluding hydrogens is 846 g/mol. The van der Waals surface area contributed by atoms with Crippen molar-refractivity contribution < 1.29 is 59.4 Å². The molecule has 6 atom stereocenters. The van der Waals surface area contributed by atoms with Gasteiger partial charge in [-0.15, -0.1) is 0 Å². The zero-order chi connectivity index (χ0) is 35.1. The zero-order valence-electron chi connectivity index (χ0n) is 27.7. The van der Waals surface area contributed by atoms with Crippen LogP contribution < -0.4 is 14.2 Å². The summed E-state index contributed by atoms with van der Waals surface area (Å²) in [6, 6.07) is 21.6. The number of alkyl halides is 2. The Bertz CT molecular complexity index is 1880. The minimum absolute atomic E-state index is 0.330. The van der Waals surface area contributed by atoms with Crippen molar-refractivity contribution in [1.82, 2.24) is 0 Å². The van der Waals surface area contributed by atoms with Gasteiger partial charge in [0.15, 0.2) is 0 Å². The van der Waals surface area contributed by atoms with Crippen LogP contribution in [0.3, 0.4) is 0 Å². The van der Waals surface area contributed by atoms with Gasteiger partial charge < -0.3 is 0 Å². The number of ether oxygens (including phenoxy) is 6. The summed E-state index contributed by atoms with van der Waals surface area (Å²) in [6.45, 7) is 3.99. The van der Waals surface area contributed by atoms with Gasteiger partial charge in [-0.25, -0.2) is 0 Å². The van der Waals surface area contributed by atoms with E-state index in [1.807, 2.05) is 92.7 Å². The molecule has 49 heavy (non-hydrogen) atoms. The molecule has 0 saturated carbocycles. The van der Waals surface area contributed by atoms with Gasteiger partial charge in [-0.2, -0.15) is 0 Å². The van der Waals surface area contributed by atoms with Crippen LogP contribution >= 0.6 is 31.9 Å². The molecule has 4 unspecified atom stereocenters. The van der Waals surface area contributed by atoms with E-state index in [0.29, 0.717) is 24.0 Å². The summed E-state index contributed by atoms with van der Waals surface area (Å²) in [5.41, 5.74) is 3.71. The van der Waals surface area contributed by atoms with Crippen molar-refractivity contribution >= 4 is 49.2 Å². The first-order valence-corrected chi connectivity index (χ1v) is 18.2. The summed E-state index contributed by atoms with van der Waals surface area (Å²) in [4.78, 5) is 9.92. The van der Waals surface area contributed by atoms with Gasteiger partial charge in [-0.05, 0) is 0 Å². The van der Waals surface area contributed by atoms with Gasteiger partial charge in [0.2, 0.25) is 0 Å². The van der Waals surface area contributed by atoms with E-state index in [1.54, 1.807) is 28.4 Å². The fourth-order valence-electron chi connectivity index (χ4n) is 6.15. The van der Waals surface area contributed by atoms with Crippen LogP contribution in [-0.2, 0) is 45.1 Å². The van der Waals surface area contributed by atoms with E-state index in [1.165, 1.54) is 0 Å². The third-order valence-electron chi connectivity index (χ3n) is 8.78. The zero-order valence-corrected chi connectivity index (χ0v) is 32.8. The fraction of sp³-hybridized carbons (Fsp3) is 0.351. The van der Waals surface area contributed by atoms with E-state index in [9.17, 15) is 0 Å². The Hall–Kier alpha value is -2.61. The number of hydrogen-bond acceptors (Lipinski definition) is 8. The Balaban J connectivity index is 1.32. The number of aliphatic imine (C=N–C) groups is 2. The molecule has 0 spiro atoms. The molecule has 0 saturated heterocycles. The second-order valence-corrected chi connectivity index (χ2v) is 15.6. The monoisotopic (exact) mass is 878 g/mol. The number of halogens is 2. The Morgan fingerprint density at radius 1 is 0.714 bits per heavy atom. The topological polar surface area (TPSA) is 80.1 Å². The van der Waals surface area contributed by atoms with Crippen molar-refractivity contribution in [3.8, 4) is 28.4 Å². The van der Waals surface area contributed by atoms with Gasteiger partial charge in [0.1, 0.15) is 0 Å². The molecule has 8 nitrogen and oxygen atoms in total. The molecule has 0 fully saturated rings. The molecule has 0 radical (unpaired) electrons. The van der Waals surface area contributed by atoms with Gasteiger partial charge in [-0.3, -0.25) is 0 Å². The molecule has 0 bridgehead atoms. The minimum atomic E-state index is -0.876. The number of benzene rings is 3. The number of rotatable bonds is 10. The first kappa shape index (κ1) is 36.2. The van der Waals surface area contributed by atoms with E-state index in [2.05, 4.69) is 31.9 Å². The van der Waals surface area contributed by atoms with Crippen LogP contribution in [0.1, 0.15) is 31.4 Å². The van der Waals surface area contributed by atoms with Crippen LogP contribution in [0, 0.1) is 0 Å². The molecule has 3 aliphatic rings. The predicted molar refractivity (Wildman–Crippen MR) is 191 cm³/mol. The van der Waals surface area contributed by atoms with E-state index in [-0.39, 0.29) is 4.83 Å². The molecule has 0 amide bonds. The molecule has 0 N–H and O–H groups in total. The van der Waals surface area contributed by atoms with Gasteiger partial charge in [-0.1, -0.05) is 0 Å². The number of hydrogen-bond donors (Lipinski definition) is 0. The second-order valence-electron chi connectivity index (χ2n) is 12.4. The summed E-state index contributed by atoms with van der Waals surface area (Å²) in [6.07, 6.45) is 4.47. The quantitative estimate of drug-likeness (QED) is 0.153. The molecule has 12 heteroatoms. The summed E-state index contributed by atoms with van der Waals surface area (Å²) in [5, 5.41) is -1.26. The Morgan fingerprint density at radius 3 is 1.86 bits per heavy atom. The van der Waals surface area contributed by atoms with Gasteiger partial charge in [0.25, 0.3) is 0 Å². The molecule has 3 aromatic carbocycles. The van der Waals surface area contributed by atoms with E-state index >= 15 is 0 Å². The van der Waals surface area contributed by atoms with Crippen LogP contribution in [0.5, 0.6) is 17.2 Å². The first-order valence-electron chi connectivity index (χ1n) is 15.4. The van der Waals surface area contributed by atoms with E-state index < -0.39 is 25.7 Å². The Labute approximate surface area is 319 Å². The number of nitrogens with zero attached hydrogens (tertiary/aromatic N) is 2. The predicted octanol–water partition coefficient (Wildman–Crippen LogP) is 7.76. The molecular formula is C37H36Br2N2Ni2O6. The third kappa shape index (κ3) is 7.14. The van der Waals surface area contributed by atoms with Crippen LogP contribution in [0.25, 0.3) is 16.7 Å². The van der Waals surface area contributed by atoms with Crippen molar-refractivity contribution in [1.29, 1.82) is 0 Å². The van der Waals surface area contributed by atoms with Crippen LogP contribution in [0.2, 0.25) is 0 Å².